The molecule has 1 amide bonds. The molecule has 0 radical (unpaired) electrons. The molecule has 0 aromatic heterocycles. The minimum absolute atomic E-state index is 0.250. The van der Waals surface area contributed by atoms with Crippen molar-refractivity contribution in [2.75, 3.05) is 26.4 Å². The number of carbonyl (C=O) groups is 1. The number of nitrogens with one attached hydrogen (secondary N) is 1. The molecule has 0 bridgehead atoms. The van der Waals surface area contributed by atoms with Gasteiger partial charge in [-0.2, -0.15) is 0 Å². The van der Waals surface area contributed by atoms with Gasteiger partial charge in [-0.25, -0.2) is 0 Å². The lowest BCUT2D eigenvalue weighted by Gasteiger charge is -2.48. The highest BCUT2D eigenvalue weighted by molar-refractivity contribution is 5.76. The van der Waals surface area contributed by atoms with Crippen LogP contribution in [0.1, 0.15) is 206 Å². The Balaban J connectivity index is 1.45. The van der Waals surface area contributed by atoms with E-state index in [9.17, 15) is 61.0 Å². The number of ether oxygens (including phenoxy) is 6. The number of hydrogen-bond acceptors (Lipinski definition) is 18. The molecule has 0 aromatic rings. The van der Waals surface area contributed by atoms with Crippen LogP contribution in [0.4, 0.5) is 0 Å². The Labute approximate surface area is 484 Å². The zero-order chi connectivity index (χ0) is 59.0. The normalized spacial score (nSPS) is 30.1. The summed E-state index contributed by atoms with van der Waals surface area (Å²) >= 11 is 0. The van der Waals surface area contributed by atoms with E-state index in [4.69, 9.17) is 28.4 Å². The summed E-state index contributed by atoms with van der Waals surface area (Å²) in [4.78, 5) is 13.4. The lowest BCUT2D eigenvalue weighted by atomic mass is 9.96. The molecule has 19 heteroatoms. The van der Waals surface area contributed by atoms with Gasteiger partial charge < -0.3 is 89.9 Å². The number of amides is 1. The summed E-state index contributed by atoms with van der Waals surface area (Å²) in [7, 11) is 0. The molecule has 81 heavy (non-hydrogen) atoms. The maximum absolute atomic E-state index is 13.4. The molecule has 0 aromatic carbocycles. The second kappa shape index (κ2) is 45.1. The van der Waals surface area contributed by atoms with Gasteiger partial charge in [-0.15, -0.1) is 0 Å². The van der Waals surface area contributed by atoms with Crippen molar-refractivity contribution < 1.29 is 89.4 Å². The van der Waals surface area contributed by atoms with E-state index in [1.165, 1.54) is 89.9 Å². The minimum Gasteiger partial charge on any atom is -0.394 e. The maximum Gasteiger partial charge on any atom is 0.220 e. The van der Waals surface area contributed by atoms with Gasteiger partial charge in [-0.05, 0) is 51.4 Å². The fourth-order valence-electron chi connectivity index (χ4n) is 10.5. The number of unbranched alkanes of at least 4 members (excludes halogenated alkanes) is 22. The Bertz CT molecular complexity index is 1670. The van der Waals surface area contributed by atoms with Gasteiger partial charge in [0.25, 0.3) is 0 Å². The quantitative estimate of drug-likeness (QED) is 0.0236. The van der Waals surface area contributed by atoms with Crippen molar-refractivity contribution in [3.8, 4) is 0 Å². The topological polar surface area (TPSA) is 307 Å². The molecule has 3 fully saturated rings. The maximum atomic E-state index is 13.4. The molecule has 12 N–H and O–H groups in total. The van der Waals surface area contributed by atoms with Crippen LogP contribution in [-0.4, -0.2) is 193 Å². The SMILES string of the molecule is CC/C=C\C/C=C\C/C=C\C/C=C\CCCCCCCCCCCCC(=O)NC(COC1OC(CO)C(OC2OC(CO)C(OC3OC(CO)C(O)C(O)C3O)C(O)C2O)C(O)C1O)C(O)CCCCCCCCCCCCCCC. The highest BCUT2D eigenvalue weighted by Crippen LogP contribution is 2.33. The summed E-state index contributed by atoms with van der Waals surface area (Å²) in [5, 5.41) is 120. The fourth-order valence-corrected chi connectivity index (χ4v) is 10.5. The lowest BCUT2D eigenvalue weighted by molar-refractivity contribution is -0.379. The van der Waals surface area contributed by atoms with E-state index < -0.39 is 124 Å². The molecule has 3 saturated heterocycles. The number of allylic oxidation sites excluding steroid dienone is 8. The van der Waals surface area contributed by atoms with E-state index in [1.807, 2.05) is 0 Å². The Hall–Kier alpha value is -2.25. The van der Waals surface area contributed by atoms with E-state index in [-0.39, 0.29) is 18.9 Å². The van der Waals surface area contributed by atoms with Crippen LogP contribution < -0.4 is 5.32 Å². The molecule has 17 atom stereocenters. The fraction of sp³-hybridized carbons (Fsp3) is 0.855. The van der Waals surface area contributed by atoms with Crippen molar-refractivity contribution in [2.24, 2.45) is 0 Å². The smallest absolute Gasteiger partial charge is 0.220 e. The Morgan fingerprint density at radius 1 is 0.457 bits per heavy atom. The number of carbonyl (C=O) groups excluding carboxylic acids is 1. The first kappa shape index (κ1) is 73.0. The van der Waals surface area contributed by atoms with Crippen LogP contribution in [0.2, 0.25) is 0 Å². The van der Waals surface area contributed by atoms with Gasteiger partial charge in [-0.3, -0.25) is 4.79 Å². The average Bonchev–Trinajstić information content (AvgIpc) is 3.57. The highest BCUT2D eigenvalue weighted by Gasteiger charge is 2.53. The minimum atomic E-state index is -1.97. The van der Waals surface area contributed by atoms with E-state index in [0.29, 0.717) is 12.8 Å². The third-order valence-electron chi connectivity index (χ3n) is 15.7. The van der Waals surface area contributed by atoms with Crippen LogP contribution in [0.15, 0.2) is 48.6 Å². The molecular weight excluding hydrogens is 1050 g/mol. The van der Waals surface area contributed by atoms with E-state index in [1.54, 1.807) is 0 Å². The van der Waals surface area contributed by atoms with Crippen molar-refractivity contribution in [2.45, 2.75) is 311 Å². The number of rotatable bonds is 46. The number of aliphatic hydroxyl groups is 11. The molecule has 0 spiro atoms. The van der Waals surface area contributed by atoms with Gasteiger partial charge in [0.05, 0.1) is 38.6 Å². The van der Waals surface area contributed by atoms with Gasteiger partial charge in [-0.1, -0.05) is 197 Å². The molecule has 472 valence electrons. The van der Waals surface area contributed by atoms with Crippen molar-refractivity contribution in [1.29, 1.82) is 0 Å². The van der Waals surface area contributed by atoms with Crippen LogP contribution in [0.5, 0.6) is 0 Å². The van der Waals surface area contributed by atoms with Crippen LogP contribution in [-0.2, 0) is 33.2 Å². The van der Waals surface area contributed by atoms with E-state index >= 15 is 0 Å². The molecule has 17 unspecified atom stereocenters. The third kappa shape index (κ3) is 28.7. The van der Waals surface area contributed by atoms with E-state index in [2.05, 4.69) is 67.8 Å². The zero-order valence-electron chi connectivity index (χ0n) is 49.3. The summed E-state index contributed by atoms with van der Waals surface area (Å²) in [5.74, 6) is -0.250. The van der Waals surface area contributed by atoms with Crippen LogP contribution >= 0.6 is 0 Å². The van der Waals surface area contributed by atoms with Crippen LogP contribution in [0.25, 0.3) is 0 Å². The molecule has 19 nitrogen and oxygen atoms in total. The molecule has 3 heterocycles. The van der Waals surface area contributed by atoms with Crippen LogP contribution in [0, 0.1) is 0 Å². The van der Waals surface area contributed by atoms with Gasteiger partial charge in [0, 0.05) is 6.42 Å². The summed E-state index contributed by atoms with van der Waals surface area (Å²) in [6, 6.07) is -0.890. The van der Waals surface area contributed by atoms with Gasteiger partial charge in [0.15, 0.2) is 18.9 Å². The van der Waals surface area contributed by atoms with Crippen molar-refractivity contribution in [3.63, 3.8) is 0 Å². The Morgan fingerprint density at radius 2 is 0.852 bits per heavy atom. The molecule has 3 aliphatic heterocycles. The predicted molar refractivity (Wildman–Crippen MR) is 309 cm³/mol. The van der Waals surface area contributed by atoms with Gasteiger partial charge in [0.2, 0.25) is 5.91 Å². The molecular formula is C62H111NO18. The standard InChI is InChI=1S/C62H111NO18/c1-3-5-7-9-11-13-15-17-18-19-20-21-22-23-24-25-26-28-30-32-34-36-38-40-50(68)63-45(46(67)39-37-35-33-31-29-27-16-14-12-10-8-6-4-2)44-76-60-56(74)53(71)58(48(42-65)78-60)81-62-57(75)54(72)59(49(43-66)79-62)80-61-55(73)52(70)51(69)47(41-64)77-61/h5,7,11,13,17-18,20-21,45-49,51-62,64-67,69-75H,3-4,6,8-10,12,14-16,19,22-44H2,1-2H3,(H,63,68)/b7-5-,13-11-,18-17-,21-20-. The summed E-state index contributed by atoms with van der Waals surface area (Å²) in [5.41, 5.74) is 0. The first-order chi connectivity index (χ1) is 39.3. The van der Waals surface area contributed by atoms with Gasteiger partial charge >= 0.3 is 0 Å². The third-order valence-corrected chi connectivity index (χ3v) is 15.7. The zero-order valence-corrected chi connectivity index (χ0v) is 49.3. The predicted octanol–water partition coefficient (Wildman–Crippen LogP) is 6.26. The second-order valence-electron chi connectivity index (χ2n) is 22.5. The summed E-state index contributed by atoms with van der Waals surface area (Å²) in [6.07, 6.45) is 23.3. The van der Waals surface area contributed by atoms with Crippen molar-refractivity contribution in [3.05, 3.63) is 48.6 Å². The van der Waals surface area contributed by atoms with Crippen molar-refractivity contribution >= 4 is 5.91 Å². The Kier molecular flexibility index (Phi) is 40.7. The van der Waals surface area contributed by atoms with Crippen LogP contribution in [0.3, 0.4) is 0 Å². The Morgan fingerprint density at radius 3 is 1.33 bits per heavy atom. The first-order valence-corrected chi connectivity index (χ1v) is 31.4. The average molecular weight is 1160 g/mol. The van der Waals surface area contributed by atoms with Crippen molar-refractivity contribution in [1.82, 2.24) is 5.32 Å². The monoisotopic (exact) mass is 1160 g/mol. The first-order valence-electron chi connectivity index (χ1n) is 31.4. The molecule has 0 saturated carbocycles. The van der Waals surface area contributed by atoms with E-state index in [0.717, 1.165) is 83.5 Å². The largest absolute Gasteiger partial charge is 0.394 e. The molecule has 0 aliphatic carbocycles. The highest BCUT2D eigenvalue weighted by atomic mass is 16.8. The van der Waals surface area contributed by atoms with Gasteiger partial charge in [0.1, 0.15) is 73.2 Å². The lowest BCUT2D eigenvalue weighted by Crippen LogP contribution is -2.66. The molecule has 3 rings (SSSR count). The number of aliphatic hydroxyl groups excluding tert-OH is 11. The summed E-state index contributed by atoms with van der Waals surface area (Å²) < 4.78 is 34.3. The number of hydrogen-bond donors (Lipinski definition) is 12. The second-order valence-corrected chi connectivity index (χ2v) is 22.5. The molecule has 3 aliphatic rings. The summed E-state index contributed by atoms with van der Waals surface area (Å²) in [6.45, 7) is 1.66.